The Bertz CT molecular complexity index is 222. The molecular weight excluding hydrogens is 182 g/mol. The van der Waals surface area contributed by atoms with Crippen LogP contribution in [0.1, 0.15) is 25.7 Å². The quantitative estimate of drug-likeness (QED) is 0.672. The number of amides is 3. The molecular formula is C9H17N3O2. The van der Waals surface area contributed by atoms with Crippen LogP contribution in [-0.4, -0.2) is 29.9 Å². The minimum Gasteiger partial charge on any atom is -0.370 e. The van der Waals surface area contributed by atoms with E-state index in [1.807, 2.05) is 0 Å². The fraction of sp³-hybridized carbons (Fsp3) is 0.778. The second-order valence-electron chi connectivity index (χ2n) is 3.77. The SMILES string of the molecule is NC(=O)CCC1CCN(C(N)=O)CC1. The second kappa shape index (κ2) is 4.83. The van der Waals surface area contributed by atoms with Crippen molar-refractivity contribution >= 4 is 11.9 Å². The van der Waals surface area contributed by atoms with E-state index < -0.39 is 0 Å². The highest BCUT2D eigenvalue weighted by Gasteiger charge is 2.21. The zero-order chi connectivity index (χ0) is 10.6. The van der Waals surface area contributed by atoms with Crippen LogP contribution in [0.2, 0.25) is 0 Å². The zero-order valence-electron chi connectivity index (χ0n) is 8.24. The summed E-state index contributed by atoms with van der Waals surface area (Å²) in [4.78, 5) is 23.0. The molecule has 1 aliphatic rings. The lowest BCUT2D eigenvalue weighted by atomic mass is 9.92. The Balaban J connectivity index is 2.22. The topological polar surface area (TPSA) is 89.4 Å². The lowest BCUT2D eigenvalue weighted by Gasteiger charge is -2.30. The van der Waals surface area contributed by atoms with Crippen molar-refractivity contribution in [1.82, 2.24) is 4.90 Å². The number of likely N-dealkylation sites (tertiary alicyclic amines) is 1. The molecule has 80 valence electrons. The van der Waals surface area contributed by atoms with Crippen LogP contribution in [0.5, 0.6) is 0 Å². The summed E-state index contributed by atoms with van der Waals surface area (Å²) in [7, 11) is 0. The summed E-state index contributed by atoms with van der Waals surface area (Å²) >= 11 is 0. The Morgan fingerprint density at radius 1 is 1.21 bits per heavy atom. The van der Waals surface area contributed by atoms with Gasteiger partial charge in [0.05, 0.1) is 0 Å². The van der Waals surface area contributed by atoms with Crippen molar-refractivity contribution in [2.45, 2.75) is 25.7 Å². The molecule has 1 saturated heterocycles. The maximum atomic E-state index is 10.8. The molecule has 1 heterocycles. The van der Waals surface area contributed by atoms with E-state index in [0.29, 0.717) is 25.4 Å². The van der Waals surface area contributed by atoms with Crippen molar-refractivity contribution in [3.8, 4) is 0 Å². The molecule has 1 fully saturated rings. The zero-order valence-corrected chi connectivity index (χ0v) is 8.24. The van der Waals surface area contributed by atoms with E-state index in [-0.39, 0.29) is 11.9 Å². The molecule has 0 unspecified atom stereocenters. The van der Waals surface area contributed by atoms with E-state index in [1.54, 1.807) is 4.90 Å². The Labute approximate surface area is 83.4 Å². The van der Waals surface area contributed by atoms with Crippen LogP contribution in [0, 0.1) is 5.92 Å². The van der Waals surface area contributed by atoms with E-state index >= 15 is 0 Å². The van der Waals surface area contributed by atoms with E-state index in [4.69, 9.17) is 11.5 Å². The molecule has 4 N–H and O–H groups in total. The molecule has 5 heteroatoms. The fourth-order valence-corrected chi connectivity index (χ4v) is 1.79. The molecule has 0 bridgehead atoms. The molecule has 1 aliphatic heterocycles. The van der Waals surface area contributed by atoms with Crippen molar-refractivity contribution in [2.75, 3.05) is 13.1 Å². The molecule has 3 amide bonds. The van der Waals surface area contributed by atoms with E-state index in [9.17, 15) is 9.59 Å². The first-order valence-corrected chi connectivity index (χ1v) is 4.92. The van der Waals surface area contributed by atoms with Gasteiger partial charge in [-0.15, -0.1) is 0 Å². The maximum absolute atomic E-state index is 10.8. The number of carbonyl (C=O) groups excluding carboxylic acids is 2. The van der Waals surface area contributed by atoms with Gasteiger partial charge in [-0.2, -0.15) is 0 Å². The normalized spacial score (nSPS) is 18.1. The summed E-state index contributed by atoms with van der Waals surface area (Å²) in [5, 5.41) is 0. The molecule has 0 aliphatic carbocycles. The van der Waals surface area contributed by atoms with E-state index in [0.717, 1.165) is 19.3 Å². The van der Waals surface area contributed by atoms with Gasteiger partial charge in [0.1, 0.15) is 0 Å². The van der Waals surface area contributed by atoms with Gasteiger partial charge in [-0.3, -0.25) is 4.79 Å². The van der Waals surface area contributed by atoms with Crippen molar-refractivity contribution in [1.29, 1.82) is 0 Å². The van der Waals surface area contributed by atoms with E-state index in [1.165, 1.54) is 0 Å². The summed E-state index contributed by atoms with van der Waals surface area (Å²) in [6.45, 7) is 1.41. The van der Waals surface area contributed by atoms with Gasteiger partial charge in [0.15, 0.2) is 0 Å². The Morgan fingerprint density at radius 3 is 2.21 bits per heavy atom. The first kappa shape index (κ1) is 10.8. The van der Waals surface area contributed by atoms with Crippen LogP contribution in [0.3, 0.4) is 0 Å². The summed E-state index contributed by atoms with van der Waals surface area (Å²) in [6.07, 6.45) is 3.13. The minimum atomic E-state index is -0.349. The van der Waals surface area contributed by atoms with Crippen molar-refractivity contribution in [2.24, 2.45) is 17.4 Å². The largest absolute Gasteiger partial charge is 0.370 e. The first-order chi connectivity index (χ1) is 6.59. The van der Waals surface area contributed by atoms with Gasteiger partial charge < -0.3 is 16.4 Å². The molecule has 0 atom stereocenters. The molecule has 0 aromatic carbocycles. The minimum absolute atomic E-state index is 0.248. The van der Waals surface area contributed by atoms with Gasteiger partial charge in [0.2, 0.25) is 5.91 Å². The van der Waals surface area contributed by atoms with Gasteiger partial charge in [0.25, 0.3) is 0 Å². The number of carbonyl (C=O) groups is 2. The Hall–Kier alpha value is -1.26. The number of piperidine rings is 1. The molecule has 1 rings (SSSR count). The van der Waals surface area contributed by atoms with Crippen LogP contribution in [-0.2, 0) is 4.79 Å². The van der Waals surface area contributed by atoms with E-state index in [2.05, 4.69) is 0 Å². The molecule has 0 aromatic rings. The summed E-state index contributed by atoms with van der Waals surface area (Å²) in [5.41, 5.74) is 10.2. The molecule has 0 radical (unpaired) electrons. The Kier molecular flexibility index (Phi) is 3.73. The predicted molar refractivity (Wildman–Crippen MR) is 52.3 cm³/mol. The standard InChI is InChI=1S/C9H17N3O2/c10-8(13)2-1-7-3-5-12(6-4-7)9(11)14/h7H,1-6H2,(H2,10,13)(H2,11,14). The van der Waals surface area contributed by atoms with Gasteiger partial charge in [0, 0.05) is 19.5 Å². The summed E-state index contributed by atoms with van der Waals surface area (Å²) in [5.74, 6) is 0.264. The van der Waals surface area contributed by atoms with Crippen LogP contribution >= 0.6 is 0 Å². The van der Waals surface area contributed by atoms with Gasteiger partial charge >= 0.3 is 6.03 Å². The van der Waals surface area contributed by atoms with Gasteiger partial charge in [-0.1, -0.05) is 0 Å². The third kappa shape index (κ3) is 3.24. The number of hydrogen-bond donors (Lipinski definition) is 2. The molecule has 14 heavy (non-hydrogen) atoms. The van der Waals surface area contributed by atoms with Crippen LogP contribution < -0.4 is 11.5 Å². The number of primary amides is 2. The third-order valence-corrected chi connectivity index (χ3v) is 2.73. The van der Waals surface area contributed by atoms with Gasteiger partial charge in [-0.05, 0) is 25.2 Å². The number of urea groups is 1. The maximum Gasteiger partial charge on any atom is 0.314 e. The number of rotatable bonds is 3. The number of hydrogen-bond acceptors (Lipinski definition) is 2. The van der Waals surface area contributed by atoms with Crippen LogP contribution in [0.25, 0.3) is 0 Å². The predicted octanol–water partition coefficient (Wildman–Crippen LogP) is 0.0426. The lowest BCUT2D eigenvalue weighted by Crippen LogP contribution is -2.41. The summed E-state index contributed by atoms with van der Waals surface area (Å²) < 4.78 is 0. The van der Waals surface area contributed by atoms with Crippen molar-refractivity contribution < 1.29 is 9.59 Å². The highest BCUT2D eigenvalue weighted by atomic mass is 16.2. The lowest BCUT2D eigenvalue weighted by molar-refractivity contribution is -0.118. The highest BCUT2D eigenvalue weighted by Crippen LogP contribution is 2.21. The van der Waals surface area contributed by atoms with Crippen molar-refractivity contribution in [3.05, 3.63) is 0 Å². The number of nitrogens with two attached hydrogens (primary N) is 2. The van der Waals surface area contributed by atoms with Crippen LogP contribution in [0.4, 0.5) is 4.79 Å². The molecule has 5 nitrogen and oxygen atoms in total. The second-order valence-corrected chi connectivity index (χ2v) is 3.77. The number of nitrogens with zero attached hydrogens (tertiary/aromatic N) is 1. The van der Waals surface area contributed by atoms with Gasteiger partial charge in [-0.25, -0.2) is 4.79 Å². The molecule has 0 saturated carbocycles. The monoisotopic (exact) mass is 199 g/mol. The average Bonchev–Trinajstić information content (AvgIpc) is 2.15. The third-order valence-electron chi connectivity index (χ3n) is 2.73. The smallest absolute Gasteiger partial charge is 0.314 e. The first-order valence-electron chi connectivity index (χ1n) is 4.92. The molecule has 0 aromatic heterocycles. The van der Waals surface area contributed by atoms with Crippen LogP contribution in [0.15, 0.2) is 0 Å². The fourth-order valence-electron chi connectivity index (χ4n) is 1.79. The summed E-state index contributed by atoms with van der Waals surface area (Å²) in [6, 6.07) is -0.349. The average molecular weight is 199 g/mol. The van der Waals surface area contributed by atoms with Crippen molar-refractivity contribution in [3.63, 3.8) is 0 Å². The Morgan fingerprint density at radius 2 is 1.79 bits per heavy atom. The molecule has 0 spiro atoms. The highest BCUT2D eigenvalue weighted by molar-refractivity contribution is 5.73.